The number of carbonyl (C=O) groups excluding carboxylic acids is 2. The summed E-state index contributed by atoms with van der Waals surface area (Å²) >= 11 is 14.9. The van der Waals surface area contributed by atoms with Crippen molar-refractivity contribution < 1.29 is 28.9 Å². The quantitative estimate of drug-likeness (QED) is 0.0451. The Bertz CT molecular complexity index is 1780. The number of amides is 1. The molecule has 1 aromatic heterocycles. The summed E-state index contributed by atoms with van der Waals surface area (Å²) in [5.74, 6) is 0.101. The van der Waals surface area contributed by atoms with E-state index >= 15 is 0 Å². The minimum absolute atomic E-state index is 0.0840. The van der Waals surface area contributed by atoms with Crippen LogP contribution in [0.5, 0.6) is 17.2 Å². The number of benzene rings is 3. The van der Waals surface area contributed by atoms with Gasteiger partial charge in [-0.2, -0.15) is 0 Å². The molecule has 1 atom stereocenters. The summed E-state index contributed by atoms with van der Waals surface area (Å²) in [6.07, 6.45) is 1.65. The van der Waals surface area contributed by atoms with Crippen LogP contribution in [0.25, 0.3) is 5.76 Å². The molecule has 0 spiro atoms. The lowest BCUT2D eigenvalue weighted by Gasteiger charge is -2.23. The number of anilines is 1. The summed E-state index contributed by atoms with van der Waals surface area (Å²) in [6.45, 7) is 7.27. The van der Waals surface area contributed by atoms with Gasteiger partial charge in [-0.3, -0.25) is 14.5 Å². The molecule has 1 N–H and O–H groups in total. The highest BCUT2D eigenvalue weighted by Gasteiger charge is 2.48. The summed E-state index contributed by atoms with van der Waals surface area (Å²) in [6, 6.07) is 16.2. The SMILES string of the molecule is CCCOc1ccc(/C(O)=C2\C(=O)C(=O)N(c3nnc(SCc4ccc(Cl)cc4Cl)s3)C2c2ccc(OCCC)c(OCC)c2)cc1. The Morgan fingerprint density at radius 2 is 1.66 bits per heavy atom. The predicted octanol–water partition coefficient (Wildman–Crippen LogP) is 8.74. The summed E-state index contributed by atoms with van der Waals surface area (Å²) in [5, 5.41) is 21.5. The molecule has 0 saturated carbocycles. The van der Waals surface area contributed by atoms with E-state index in [-0.39, 0.29) is 16.5 Å². The van der Waals surface area contributed by atoms with Crippen molar-refractivity contribution in [1.82, 2.24) is 10.2 Å². The van der Waals surface area contributed by atoms with Gasteiger partial charge in [-0.15, -0.1) is 10.2 Å². The van der Waals surface area contributed by atoms with Crippen molar-refractivity contribution in [3.8, 4) is 17.2 Å². The van der Waals surface area contributed by atoms with E-state index in [0.29, 0.717) is 68.3 Å². The fourth-order valence-corrected chi connectivity index (χ4v) is 7.29. The maximum Gasteiger partial charge on any atom is 0.301 e. The number of halogens is 2. The van der Waals surface area contributed by atoms with E-state index in [1.54, 1.807) is 54.6 Å². The molecule has 0 bridgehead atoms. The molecule has 13 heteroatoms. The van der Waals surface area contributed by atoms with Crippen molar-refractivity contribution in [2.24, 2.45) is 0 Å². The number of aromatic nitrogens is 2. The average molecular weight is 715 g/mol. The van der Waals surface area contributed by atoms with Gasteiger partial charge in [-0.25, -0.2) is 0 Å². The number of aliphatic hydroxyl groups excluding tert-OH is 1. The van der Waals surface area contributed by atoms with E-state index in [1.165, 1.54) is 16.7 Å². The Morgan fingerprint density at radius 1 is 0.915 bits per heavy atom. The number of carbonyl (C=O) groups is 2. The first-order valence-electron chi connectivity index (χ1n) is 15.1. The number of hydrogen-bond donors (Lipinski definition) is 1. The highest BCUT2D eigenvalue weighted by molar-refractivity contribution is 8.00. The van der Waals surface area contributed by atoms with Crippen LogP contribution in [0.4, 0.5) is 5.13 Å². The van der Waals surface area contributed by atoms with Gasteiger partial charge in [0.1, 0.15) is 11.5 Å². The lowest BCUT2D eigenvalue weighted by Crippen LogP contribution is -2.29. The Morgan fingerprint density at radius 3 is 2.36 bits per heavy atom. The van der Waals surface area contributed by atoms with Gasteiger partial charge in [-0.1, -0.05) is 72.3 Å². The summed E-state index contributed by atoms with van der Waals surface area (Å²) in [4.78, 5) is 28.8. The molecule has 1 unspecified atom stereocenters. The normalized spacial score (nSPS) is 15.7. The molecule has 47 heavy (non-hydrogen) atoms. The molecular weight excluding hydrogens is 681 g/mol. The first-order valence-corrected chi connectivity index (χ1v) is 17.6. The smallest absolute Gasteiger partial charge is 0.301 e. The number of aliphatic hydroxyl groups is 1. The minimum Gasteiger partial charge on any atom is -0.507 e. The number of nitrogens with zero attached hydrogens (tertiary/aromatic N) is 3. The number of hydrogen-bond acceptors (Lipinski definition) is 10. The zero-order chi connectivity index (χ0) is 33.5. The van der Waals surface area contributed by atoms with Crippen molar-refractivity contribution in [3.63, 3.8) is 0 Å². The standard InChI is InChI=1S/C34H33Cl2N3O6S2/c1-4-15-44-24-12-8-20(9-13-24)30(40)28-29(21-10-14-26(45-16-5-2)27(17-21)43-6-3)39(32(42)31(28)41)33-37-38-34(47-33)46-19-22-7-11-23(35)18-25(22)36/h7-14,17-18,29,40H,4-6,15-16,19H2,1-3H3/b30-28+. The minimum atomic E-state index is -1.03. The van der Waals surface area contributed by atoms with Gasteiger partial charge < -0.3 is 19.3 Å². The molecule has 3 aromatic carbocycles. The summed E-state index contributed by atoms with van der Waals surface area (Å²) in [7, 11) is 0. The Kier molecular flexibility index (Phi) is 11.7. The van der Waals surface area contributed by atoms with Crippen LogP contribution in [0.2, 0.25) is 10.0 Å². The molecule has 5 rings (SSSR count). The highest BCUT2D eigenvalue weighted by Crippen LogP contribution is 2.46. The monoisotopic (exact) mass is 713 g/mol. The molecule has 246 valence electrons. The van der Waals surface area contributed by atoms with Crippen molar-refractivity contribution in [2.75, 3.05) is 24.7 Å². The van der Waals surface area contributed by atoms with E-state index in [2.05, 4.69) is 10.2 Å². The van der Waals surface area contributed by atoms with Crippen LogP contribution in [0, 0.1) is 0 Å². The van der Waals surface area contributed by atoms with Gasteiger partial charge in [0.2, 0.25) is 5.13 Å². The van der Waals surface area contributed by atoms with Crippen molar-refractivity contribution in [3.05, 3.63) is 93.0 Å². The first kappa shape index (κ1) is 34.6. The number of Topliss-reactive ketones (excluding diaryl/α,β-unsaturated/α-hetero) is 1. The Labute approximate surface area is 291 Å². The van der Waals surface area contributed by atoms with E-state index < -0.39 is 17.7 Å². The fourth-order valence-electron chi connectivity index (χ4n) is 4.86. The van der Waals surface area contributed by atoms with Crippen LogP contribution in [0.15, 0.2) is 70.6 Å². The molecule has 0 aliphatic carbocycles. The zero-order valence-electron chi connectivity index (χ0n) is 26.0. The van der Waals surface area contributed by atoms with Crippen LogP contribution < -0.4 is 19.1 Å². The lowest BCUT2D eigenvalue weighted by atomic mass is 9.95. The van der Waals surface area contributed by atoms with E-state index in [9.17, 15) is 14.7 Å². The molecule has 1 saturated heterocycles. The molecule has 4 aromatic rings. The topological polar surface area (TPSA) is 111 Å². The number of ketones is 1. The molecule has 1 aliphatic heterocycles. The maximum atomic E-state index is 13.7. The van der Waals surface area contributed by atoms with Crippen molar-refractivity contribution >= 4 is 68.9 Å². The van der Waals surface area contributed by atoms with Crippen molar-refractivity contribution in [1.29, 1.82) is 0 Å². The molecule has 0 radical (unpaired) electrons. The second-order valence-electron chi connectivity index (χ2n) is 10.4. The van der Waals surface area contributed by atoms with Crippen LogP contribution in [-0.4, -0.2) is 46.8 Å². The third kappa shape index (κ3) is 7.86. The molecule has 1 aliphatic rings. The van der Waals surface area contributed by atoms with E-state index in [4.69, 9.17) is 37.4 Å². The largest absolute Gasteiger partial charge is 0.507 e. The van der Waals surface area contributed by atoms with Crippen molar-refractivity contribution in [2.45, 2.75) is 49.7 Å². The van der Waals surface area contributed by atoms with Crippen LogP contribution in [-0.2, 0) is 15.3 Å². The number of ether oxygens (including phenoxy) is 3. The molecule has 1 fully saturated rings. The van der Waals surface area contributed by atoms with Gasteiger partial charge in [0.05, 0.1) is 31.4 Å². The second kappa shape index (κ2) is 15.9. The predicted molar refractivity (Wildman–Crippen MR) is 186 cm³/mol. The van der Waals surface area contributed by atoms with Gasteiger partial charge in [0, 0.05) is 21.4 Å². The Balaban J connectivity index is 1.56. The summed E-state index contributed by atoms with van der Waals surface area (Å²) < 4.78 is 18.0. The second-order valence-corrected chi connectivity index (χ2v) is 13.4. The molecular formula is C34H33Cl2N3O6S2. The number of thioether (sulfide) groups is 1. The van der Waals surface area contributed by atoms with E-state index in [1.807, 2.05) is 26.8 Å². The Hall–Kier alpha value is -3.77. The number of rotatable bonds is 14. The fraction of sp³-hybridized carbons (Fsp3) is 0.294. The molecule has 9 nitrogen and oxygen atoms in total. The van der Waals surface area contributed by atoms with Gasteiger partial charge >= 0.3 is 5.91 Å². The average Bonchev–Trinajstić information content (AvgIpc) is 3.64. The zero-order valence-corrected chi connectivity index (χ0v) is 29.1. The van der Waals surface area contributed by atoms with Gasteiger partial charge in [-0.05, 0) is 79.4 Å². The van der Waals surface area contributed by atoms with Crippen LogP contribution >= 0.6 is 46.3 Å². The highest BCUT2D eigenvalue weighted by atomic mass is 35.5. The molecule has 1 amide bonds. The molecule has 2 heterocycles. The third-order valence-corrected chi connectivity index (χ3v) is 9.75. The van der Waals surface area contributed by atoms with Gasteiger partial charge in [0.15, 0.2) is 15.8 Å². The third-order valence-electron chi connectivity index (χ3n) is 7.06. The van der Waals surface area contributed by atoms with Crippen LogP contribution in [0.3, 0.4) is 0 Å². The lowest BCUT2D eigenvalue weighted by molar-refractivity contribution is -0.132. The van der Waals surface area contributed by atoms with E-state index in [0.717, 1.165) is 29.7 Å². The van der Waals surface area contributed by atoms with Gasteiger partial charge in [0.25, 0.3) is 5.78 Å². The first-order chi connectivity index (χ1) is 22.7. The maximum absolute atomic E-state index is 13.7. The van der Waals surface area contributed by atoms with Crippen LogP contribution in [0.1, 0.15) is 56.3 Å². The summed E-state index contributed by atoms with van der Waals surface area (Å²) in [5.41, 5.74) is 1.66.